The zero-order chi connectivity index (χ0) is 15.5. The van der Waals surface area contributed by atoms with Crippen molar-refractivity contribution in [3.05, 3.63) is 29.0 Å². The zero-order valence-corrected chi connectivity index (χ0v) is 12.9. The van der Waals surface area contributed by atoms with Crippen LogP contribution in [0.4, 0.5) is 10.1 Å². The highest BCUT2D eigenvalue weighted by molar-refractivity contribution is 7.88. The summed E-state index contributed by atoms with van der Waals surface area (Å²) in [4.78, 5) is 11.8. The van der Waals surface area contributed by atoms with E-state index >= 15 is 0 Å². The van der Waals surface area contributed by atoms with Crippen LogP contribution in [0.2, 0.25) is 5.02 Å². The summed E-state index contributed by atoms with van der Waals surface area (Å²) in [7, 11) is -3.48. The first kappa shape index (κ1) is 16.9. The van der Waals surface area contributed by atoms with Gasteiger partial charge in [-0.3, -0.25) is 4.79 Å². The van der Waals surface area contributed by atoms with Gasteiger partial charge in [0.15, 0.2) is 0 Å². The van der Waals surface area contributed by atoms with Crippen LogP contribution in [0.3, 0.4) is 0 Å². The van der Waals surface area contributed by atoms with Gasteiger partial charge >= 0.3 is 0 Å². The third-order valence-corrected chi connectivity index (χ3v) is 4.20. The second-order valence-corrected chi connectivity index (χ2v) is 6.92. The van der Waals surface area contributed by atoms with Crippen molar-refractivity contribution in [1.82, 2.24) is 4.31 Å². The summed E-state index contributed by atoms with van der Waals surface area (Å²) in [5, 5.41) is 2.35. The van der Waals surface area contributed by atoms with Crippen molar-refractivity contribution < 1.29 is 17.6 Å². The molecule has 0 saturated heterocycles. The molecule has 1 aromatic carbocycles. The minimum atomic E-state index is -3.48. The van der Waals surface area contributed by atoms with E-state index in [2.05, 4.69) is 5.32 Å². The van der Waals surface area contributed by atoms with E-state index in [9.17, 15) is 17.6 Å². The Bertz CT molecular complexity index is 605. The van der Waals surface area contributed by atoms with Gasteiger partial charge in [0.25, 0.3) is 0 Å². The summed E-state index contributed by atoms with van der Waals surface area (Å²) >= 11 is 5.59. The molecule has 8 heteroatoms. The Balaban J connectivity index is 2.78. The number of nitrogens with zero attached hydrogens (tertiary/aromatic N) is 1. The molecule has 1 aromatic rings. The molecule has 20 heavy (non-hydrogen) atoms. The van der Waals surface area contributed by atoms with Crippen molar-refractivity contribution in [3.63, 3.8) is 0 Å². The lowest BCUT2D eigenvalue weighted by atomic mass is 10.3. The molecule has 0 atom stereocenters. The number of carbonyl (C=O) groups is 1. The predicted octanol–water partition coefficient (Wildman–Crippen LogP) is 2.09. The number of benzene rings is 1. The molecule has 0 aliphatic heterocycles. The molecule has 0 bridgehead atoms. The van der Waals surface area contributed by atoms with E-state index in [0.717, 1.165) is 16.6 Å². The van der Waals surface area contributed by atoms with Gasteiger partial charge < -0.3 is 5.32 Å². The number of amides is 1. The van der Waals surface area contributed by atoms with Crippen LogP contribution >= 0.6 is 11.6 Å². The predicted molar refractivity (Wildman–Crippen MR) is 76.7 cm³/mol. The highest BCUT2D eigenvalue weighted by atomic mass is 35.5. The summed E-state index contributed by atoms with van der Waals surface area (Å²) in [6.07, 6.45) is 1.04. The van der Waals surface area contributed by atoms with E-state index < -0.39 is 21.7 Å². The van der Waals surface area contributed by atoms with Crippen molar-refractivity contribution in [3.8, 4) is 0 Å². The van der Waals surface area contributed by atoms with E-state index in [0.29, 0.717) is 5.69 Å². The molecule has 1 amide bonds. The highest BCUT2D eigenvalue weighted by Crippen LogP contribution is 2.19. The first-order valence-corrected chi connectivity index (χ1v) is 8.05. The number of hydrogen-bond acceptors (Lipinski definition) is 3. The number of sulfonamides is 1. The highest BCUT2D eigenvalue weighted by Gasteiger charge is 2.23. The largest absolute Gasteiger partial charge is 0.325 e. The molecule has 0 heterocycles. The average molecular weight is 323 g/mol. The molecule has 0 fully saturated rings. The Hall–Kier alpha value is -1.18. The van der Waals surface area contributed by atoms with Gasteiger partial charge in [0, 0.05) is 11.7 Å². The van der Waals surface area contributed by atoms with Gasteiger partial charge in [0.2, 0.25) is 15.9 Å². The summed E-state index contributed by atoms with van der Waals surface area (Å²) in [5.41, 5.74) is 0.304. The molecular formula is C12H16ClFN2O3S. The standard InChI is InChI=1S/C12H16ClFN2O3S/c1-8(2)16(20(3,18)19)7-12(17)15-9-4-5-11(14)10(13)6-9/h4-6,8H,7H2,1-3H3,(H,15,17). The van der Waals surface area contributed by atoms with Crippen molar-refractivity contribution in [2.45, 2.75) is 19.9 Å². The first-order valence-electron chi connectivity index (χ1n) is 5.83. The minimum absolute atomic E-state index is 0.119. The van der Waals surface area contributed by atoms with Crippen LogP contribution in [0.5, 0.6) is 0 Å². The van der Waals surface area contributed by atoms with Crippen molar-refractivity contribution in [2.24, 2.45) is 0 Å². The zero-order valence-electron chi connectivity index (χ0n) is 11.4. The lowest BCUT2D eigenvalue weighted by molar-refractivity contribution is -0.116. The Morgan fingerprint density at radius 3 is 2.50 bits per heavy atom. The minimum Gasteiger partial charge on any atom is -0.325 e. The van der Waals surface area contributed by atoms with Crippen LogP contribution in [-0.4, -0.2) is 37.5 Å². The quantitative estimate of drug-likeness (QED) is 0.902. The summed E-state index contributed by atoms with van der Waals surface area (Å²) in [5.74, 6) is -1.11. The average Bonchev–Trinajstić information content (AvgIpc) is 2.29. The molecule has 0 radical (unpaired) electrons. The maximum atomic E-state index is 13.0. The molecule has 0 aromatic heterocycles. The second kappa shape index (κ2) is 6.51. The first-order chi connectivity index (χ1) is 9.11. The lowest BCUT2D eigenvalue weighted by Crippen LogP contribution is -2.41. The van der Waals surface area contributed by atoms with Gasteiger partial charge in [-0.25, -0.2) is 12.8 Å². The Morgan fingerprint density at radius 2 is 2.05 bits per heavy atom. The fourth-order valence-corrected chi connectivity index (χ4v) is 2.90. The molecule has 0 unspecified atom stereocenters. The molecule has 0 aliphatic rings. The Morgan fingerprint density at radius 1 is 1.45 bits per heavy atom. The van der Waals surface area contributed by atoms with E-state index in [1.165, 1.54) is 12.1 Å². The third kappa shape index (κ3) is 4.73. The van der Waals surface area contributed by atoms with Crippen molar-refractivity contribution >= 4 is 33.2 Å². The van der Waals surface area contributed by atoms with Crippen LogP contribution in [0, 0.1) is 5.82 Å². The molecule has 112 valence electrons. The van der Waals surface area contributed by atoms with Gasteiger partial charge in [-0.15, -0.1) is 0 Å². The number of rotatable bonds is 5. The number of hydrogen-bond donors (Lipinski definition) is 1. The fourth-order valence-electron chi connectivity index (χ4n) is 1.60. The monoisotopic (exact) mass is 322 g/mol. The fraction of sp³-hybridized carbons (Fsp3) is 0.417. The Labute approximate surface area is 122 Å². The topological polar surface area (TPSA) is 66.5 Å². The van der Waals surface area contributed by atoms with Gasteiger partial charge in [-0.05, 0) is 32.0 Å². The van der Waals surface area contributed by atoms with Crippen LogP contribution in [-0.2, 0) is 14.8 Å². The van der Waals surface area contributed by atoms with Gasteiger partial charge in [0.1, 0.15) is 5.82 Å². The second-order valence-electron chi connectivity index (χ2n) is 4.58. The van der Waals surface area contributed by atoms with Crippen LogP contribution < -0.4 is 5.32 Å². The van der Waals surface area contributed by atoms with Crippen LogP contribution in [0.1, 0.15) is 13.8 Å². The number of nitrogens with one attached hydrogen (secondary N) is 1. The third-order valence-electron chi connectivity index (χ3n) is 2.50. The van der Waals surface area contributed by atoms with E-state index in [1.54, 1.807) is 13.8 Å². The molecule has 0 spiro atoms. The number of halogens is 2. The summed E-state index contributed by atoms with van der Waals surface area (Å²) in [6, 6.07) is 3.38. The molecule has 1 rings (SSSR count). The summed E-state index contributed by atoms with van der Waals surface area (Å²) in [6.45, 7) is 3.03. The number of anilines is 1. The normalized spacial score (nSPS) is 11.9. The molecule has 0 saturated carbocycles. The summed E-state index contributed by atoms with van der Waals surface area (Å²) < 4.78 is 37.1. The Kier molecular flexibility index (Phi) is 5.50. The van der Waals surface area contributed by atoms with E-state index in [4.69, 9.17) is 11.6 Å². The lowest BCUT2D eigenvalue weighted by Gasteiger charge is -2.23. The SMILES string of the molecule is CC(C)N(CC(=O)Nc1ccc(F)c(Cl)c1)S(C)(=O)=O. The van der Waals surface area contributed by atoms with Crippen LogP contribution in [0.25, 0.3) is 0 Å². The van der Waals surface area contributed by atoms with Gasteiger partial charge in [0.05, 0.1) is 17.8 Å². The van der Waals surface area contributed by atoms with Crippen molar-refractivity contribution in [2.75, 3.05) is 18.1 Å². The smallest absolute Gasteiger partial charge is 0.239 e. The van der Waals surface area contributed by atoms with E-state index in [-0.39, 0.29) is 17.6 Å². The molecular weight excluding hydrogens is 307 g/mol. The van der Waals surface area contributed by atoms with Crippen molar-refractivity contribution in [1.29, 1.82) is 0 Å². The molecule has 5 nitrogen and oxygen atoms in total. The maximum Gasteiger partial charge on any atom is 0.239 e. The number of carbonyl (C=O) groups excluding carboxylic acids is 1. The van der Waals surface area contributed by atoms with E-state index in [1.807, 2.05) is 0 Å². The van der Waals surface area contributed by atoms with Crippen LogP contribution in [0.15, 0.2) is 18.2 Å². The molecule has 1 N–H and O–H groups in total. The van der Waals surface area contributed by atoms with Gasteiger partial charge in [-0.2, -0.15) is 4.31 Å². The molecule has 0 aliphatic carbocycles. The maximum absolute atomic E-state index is 13.0. The van der Waals surface area contributed by atoms with Gasteiger partial charge in [-0.1, -0.05) is 11.6 Å².